The summed E-state index contributed by atoms with van der Waals surface area (Å²) in [5.41, 5.74) is -0.581. The highest BCUT2D eigenvalue weighted by atomic mass is 32.1. The van der Waals surface area contributed by atoms with Crippen molar-refractivity contribution in [3.05, 3.63) is 38.9 Å². The first-order chi connectivity index (χ1) is 13.8. The van der Waals surface area contributed by atoms with Crippen molar-refractivity contribution in [1.82, 2.24) is 0 Å². The topological polar surface area (TPSA) is 18.5 Å². The highest BCUT2D eigenvalue weighted by molar-refractivity contribution is 7.23. The molecule has 0 radical (unpaired) electrons. The van der Waals surface area contributed by atoms with Gasteiger partial charge in [-0.2, -0.15) is 0 Å². The van der Waals surface area contributed by atoms with Gasteiger partial charge in [-0.15, -0.1) is 22.7 Å². The molecule has 0 aliphatic carbocycles. The predicted octanol–water partition coefficient (Wildman–Crippen LogP) is 7.18. The van der Waals surface area contributed by atoms with Crippen molar-refractivity contribution in [1.29, 1.82) is 0 Å². The standard InChI is InChI=1S/C24H35BO2S2/c1-6-7-8-9-10-11-12-19-13-14-20(28-19)15-16-21-17-18-22(29-21)25-26-23(2,3)24(4,5)27-25/h13-18H,6-12H2,1-5H3/b16-15+. The van der Waals surface area contributed by atoms with Gasteiger partial charge < -0.3 is 9.31 Å². The fraction of sp³-hybridized carbons (Fsp3) is 0.583. The van der Waals surface area contributed by atoms with Gasteiger partial charge in [-0.25, -0.2) is 0 Å². The fourth-order valence-electron chi connectivity index (χ4n) is 3.41. The van der Waals surface area contributed by atoms with Gasteiger partial charge in [0.15, 0.2) is 0 Å². The van der Waals surface area contributed by atoms with E-state index in [4.69, 9.17) is 9.31 Å². The zero-order chi connectivity index (χ0) is 20.9. The number of hydrogen-bond acceptors (Lipinski definition) is 4. The van der Waals surface area contributed by atoms with E-state index in [2.05, 4.69) is 71.0 Å². The summed E-state index contributed by atoms with van der Waals surface area (Å²) in [6, 6.07) is 8.83. The molecular formula is C24H35BO2S2. The molecule has 158 valence electrons. The molecule has 3 heterocycles. The first-order valence-electron chi connectivity index (χ1n) is 11.0. The zero-order valence-corrected chi connectivity index (χ0v) is 20.3. The Bertz CT molecular complexity index is 787. The maximum absolute atomic E-state index is 6.16. The molecule has 1 aliphatic rings. The Morgan fingerprint density at radius 3 is 2.07 bits per heavy atom. The van der Waals surface area contributed by atoms with Gasteiger partial charge in [0, 0.05) is 19.4 Å². The molecule has 1 saturated heterocycles. The lowest BCUT2D eigenvalue weighted by atomic mass is 9.88. The molecule has 0 bridgehead atoms. The van der Waals surface area contributed by atoms with Crippen LogP contribution in [-0.2, 0) is 15.7 Å². The monoisotopic (exact) mass is 430 g/mol. The minimum atomic E-state index is -0.291. The maximum Gasteiger partial charge on any atom is 0.505 e. The van der Waals surface area contributed by atoms with Crippen LogP contribution >= 0.6 is 22.7 Å². The molecule has 0 atom stereocenters. The van der Waals surface area contributed by atoms with Crippen molar-refractivity contribution in [2.24, 2.45) is 0 Å². The van der Waals surface area contributed by atoms with Gasteiger partial charge in [-0.1, -0.05) is 45.1 Å². The minimum absolute atomic E-state index is 0.266. The van der Waals surface area contributed by atoms with Crippen molar-refractivity contribution in [3.63, 3.8) is 0 Å². The van der Waals surface area contributed by atoms with Crippen molar-refractivity contribution in [2.45, 2.75) is 90.8 Å². The molecule has 2 aromatic heterocycles. The average Bonchev–Trinajstić information content (AvgIpc) is 3.35. The van der Waals surface area contributed by atoms with Crippen LogP contribution in [0.4, 0.5) is 0 Å². The van der Waals surface area contributed by atoms with E-state index >= 15 is 0 Å². The largest absolute Gasteiger partial charge is 0.505 e. The lowest BCUT2D eigenvalue weighted by Gasteiger charge is -2.32. The Balaban J connectivity index is 1.50. The summed E-state index contributed by atoms with van der Waals surface area (Å²) in [7, 11) is -0.266. The van der Waals surface area contributed by atoms with Gasteiger partial charge in [0.05, 0.1) is 11.2 Å². The van der Waals surface area contributed by atoms with Gasteiger partial charge >= 0.3 is 7.12 Å². The van der Waals surface area contributed by atoms with Crippen LogP contribution in [0, 0.1) is 0 Å². The summed E-state index contributed by atoms with van der Waals surface area (Å²) in [5, 5.41) is 0. The normalized spacial score (nSPS) is 18.2. The van der Waals surface area contributed by atoms with Crippen LogP contribution in [0.5, 0.6) is 0 Å². The second-order valence-corrected chi connectivity index (χ2v) is 11.3. The first kappa shape index (κ1) is 22.8. The van der Waals surface area contributed by atoms with E-state index in [1.54, 1.807) is 11.3 Å². The minimum Gasteiger partial charge on any atom is -0.399 e. The molecular weight excluding hydrogens is 395 g/mol. The van der Waals surface area contributed by atoms with Crippen molar-refractivity contribution < 1.29 is 9.31 Å². The lowest BCUT2D eigenvalue weighted by molar-refractivity contribution is 0.00578. The predicted molar refractivity (Wildman–Crippen MR) is 130 cm³/mol. The Morgan fingerprint density at radius 2 is 1.38 bits per heavy atom. The molecule has 2 aromatic rings. The quantitative estimate of drug-likeness (QED) is 0.294. The van der Waals surface area contributed by atoms with E-state index in [0.29, 0.717) is 0 Å². The molecule has 2 nitrogen and oxygen atoms in total. The van der Waals surface area contributed by atoms with Gasteiger partial charge in [0.25, 0.3) is 0 Å². The molecule has 0 spiro atoms. The molecule has 0 amide bonds. The molecule has 0 N–H and O–H groups in total. The Morgan fingerprint density at radius 1 is 0.793 bits per heavy atom. The van der Waals surface area contributed by atoms with E-state index in [1.165, 1.54) is 59.6 Å². The summed E-state index contributed by atoms with van der Waals surface area (Å²) in [6.45, 7) is 10.7. The molecule has 1 fully saturated rings. The summed E-state index contributed by atoms with van der Waals surface area (Å²) < 4.78 is 13.5. The third-order valence-corrected chi connectivity index (χ3v) is 8.19. The van der Waals surface area contributed by atoms with E-state index in [1.807, 2.05) is 11.3 Å². The third-order valence-electron chi connectivity index (χ3n) is 6.00. The molecule has 1 aliphatic heterocycles. The molecule has 5 heteroatoms. The van der Waals surface area contributed by atoms with Crippen LogP contribution in [0.15, 0.2) is 24.3 Å². The zero-order valence-electron chi connectivity index (χ0n) is 18.6. The number of hydrogen-bond donors (Lipinski definition) is 0. The molecule has 0 aromatic carbocycles. The smallest absolute Gasteiger partial charge is 0.399 e. The van der Waals surface area contributed by atoms with E-state index in [0.717, 1.165) is 4.78 Å². The van der Waals surface area contributed by atoms with E-state index in [-0.39, 0.29) is 18.3 Å². The Kier molecular flexibility index (Phi) is 7.83. The molecule has 3 rings (SSSR count). The highest BCUT2D eigenvalue weighted by Crippen LogP contribution is 2.37. The average molecular weight is 430 g/mol. The van der Waals surface area contributed by atoms with Crippen LogP contribution in [-0.4, -0.2) is 18.3 Å². The van der Waals surface area contributed by atoms with Crippen LogP contribution in [0.3, 0.4) is 0 Å². The van der Waals surface area contributed by atoms with Crippen molar-refractivity contribution >= 4 is 46.7 Å². The number of thiophene rings is 2. The maximum atomic E-state index is 6.16. The third kappa shape index (κ3) is 6.07. The van der Waals surface area contributed by atoms with Crippen LogP contribution in [0.1, 0.15) is 87.8 Å². The highest BCUT2D eigenvalue weighted by Gasteiger charge is 2.52. The fourth-order valence-corrected chi connectivity index (χ4v) is 5.24. The van der Waals surface area contributed by atoms with Gasteiger partial charge in [-0.3, -0.25) is 0 Å². The number of aryl methyl sites for hydroxylation is 1. The van der Waals surface area contributed by atoms with Crippen LogP contribution in [0.2, 0.25) is 0 Å². The lowest BCUT2D eigenvalue weighted by Crippen LogP contribution is -2.41. The molecule has 29 heavy (non-hydrogen) atoms. The summed E-state index contributed by atoms with van der Waals surface area (Å²) in [6.07, 6.45) is 13.8. The van der Waals surface area contributed by atoms with Crippen LogP contribution < -0.4 is 4.78 Å². The SMILES string of the molecule is CCCCCCCCc1ccc(/C=C/c2ccc(B3OC(C)(C)C(C)(C)O3)s2)s1. The number of rotatable bonds is 10. The Labute approximate surface area is 185 Å². The number of unbranched alkanes of at least 4 members (excludes halogenated alkanes) is 5. The molecule has 0 saturated carbocycles. The summed E-state index contributed by atoms with van der Waals surface area (Å²) in [4.78, 5) is 4.07. The second-order valence-electron chi connectivity index (χ2n) is 8.98. The summed E-state index contributed by atoms with van der Waals surface area (Å²) >= 11 is 3.67. The van der Waals surface area contributed by atoms with Gasteiger partial charge in [0.2, 0.25) is 0 Å². The van der Waals surface area contributed by atoms with Crippen LogP contribution in [0.25, 0.3) is 12.2 Å². The summed E-state index contributed by atoms with van der Waals surface area (Å²) in [5.74, 6) is 0. The van der Waals surface area contributed by atoms with Gasteiger partial charge in [0.1, 0.15) is 0 Å². The van der Waals surface area contributed by atoms with E-state index < -0.39 is 0 Å². The second kappa shape index (κ2) is 9.95. The Hall–Kier alpha value is -0.875. The molecule has 0 unspecified atom stereocenters. The van der Waals surface area contributed by atoms with Gasteiger partial charge in [-0.05, 0) is 70.9 Å². The van der Waals surface area contributed by atoms with Crippen molar-refractivity contribution in [2.75, 3.05) is 0 Å². The van der Waals surface area contributed by atoms with E-state index in [9.17, 15) is 0 Å². The van der Waals surface area contributed by atoms with Crippen molar-refractivity contribution in [3.8, 4) is 0 Å². The first-order valence-corrected chi connectivity index (χ1v) is 12.7.